The molecule has 0 radical (unpaired) electrons. The van der Waals surface area contributed by atoms with E-state index in [1.54, 1.807) is 49.6 Å². The molecule has 10 aromatic rings. The van der Waals surface area contributed by atoms with Gasteiger partial charge < -0.3 is 23.4 Å². The molecule has 0 atom stereocenters. The summed E-state index contributed by atoms with van der Waals surface area (Å²) in [4.78, 5) is 43.1. The molecule has 0 fully saturated rings. The van der Waals surface area contributed by atoms with Gasteiger partial charge in [0.25, 0.3) is 0 Å². The molecule has 66 heavy (non-hydrogen) atoms. The standard InChI is InChI=1S/2C15H11N3.2C10H8N2.CH4.ClH.2H2O.2Os/c2*1-3-10-16-12(6-1)14-8-5-9-15(18-14)13-7-2-4-11-17-13;2*1-3-7-11-9(5-1)10-6-2-4-8-12-10;;;;;;/h2*1-11H;2*1-8H;1H4;1H;2*1H2;;/p-1. The molecule has 0 amide bonds. The summed E-state index contributed by atoms with van der Waals surface area (Å²) in [5, 5.41) is 0. The van der Waals surface area contributed by atoms with Crippen molar-refractivity contribution in [2.45, 2.75) is 7.43 Å². The molecule has 0 aliphatic heterocycles. The Kier molecular flexibility index (Phi) is 27.4. The van der Waals surface area contributed by atoms with Crippen LogP contribution in [0.4, 0.5) is 0 Å². The van der Waals surface area contributed by atoms with Gasteiger partial charge in [-0.25, -0.2) is 9.97 Å². The van der Waals surface area contributed by atoms with E-state index in [1.807, 2.05) is 182 Å². The summed E-state index contributed by atoms with van der Waals surface area (Å²) in [6.07, 6.45) is 14.1. The topological polar surface area (TPSA) is 192 Å². The first-order valence-corrected chi connectivity index (χ1v) is 19.0. The number of aromatic nitrogens is 10. The normalized spacial score (nSPS) is 9.09. The van der Waals surface area contributed by atoms with Crippen molar-refractivity contribution in [1.82, 2.24) is 49.8 Å². The van der Waals surface area contributed by atoms with Crippen LogP contribution in [0, 0.1) is 0 Å². The van der Waals surface area contributed by atoms with Gasteiger partial charge in [0, 0.05) is 89.2 Å². The summed E-state index contributed by atoms with van der Waals surface area (Å²) in [6, 6.07) is 58.1. The van der Waals surface area contributed by atoms with Crippen LogP contribution in [0.1, 0.15) is 7.43 Å². The molecule has 0 aromatic carbocycles. The van der Waals surface area contributed by atoms with Crippen molar-refractivity contribution < 1.29 is 62.9 Å². The maximum absolute atomic E-state index is 4.59. The second-order valence-corrected chi connectivity index (χ2v) is 12.5. The molecule has 0 unspecified atom stereocenters. The minimum Gasteiger partial charge on any atom is -1.00 e. The molecule has 15 heteroatoms. The van der Waals surface area contributed by atoms with Gasteiger partial charge in [-0.05, 0) is 121 Å². The molecule has 336 valence electrons. The molecule has 0 aliphatic rings. The first-order valence-electron chi connectivity index (χ1n) is 19.0. The van der Waals surface area contributed by atoms with Crippen molar-refractivity contribution in [3.63, 3.8) is 0 Å². The van der Waals surface area contributed by atoms with Crippen LogP contribution < -0.4 is 12.4 Å². The number of halogens is 1. The van der Waals surface area contributed by atoms with Crippen LogP contribution in [0.3, 0.4) is 0 Å². The fraction of sp³-hybridized carbons (Fsp3) is 0.0196. The number of hydrogen-bond donors (Lipinski definition) is 0. The summed E-state index contributed by atoms with van der Waals surface area (Å²) in [7, 11) is 0. The summed E-state index contributed by atoms with van der Waals surface area (Å²) >= 11 is 0. The molecule has 4 N–H and O–H groups in total. The first-order chi connectivity index (χ1) is 29.8. The zero-order valence-electron chi connectivity index (χ0n) is 34.5. The number of nitrogens with zero attached hydrogens (tertiary/aromatic N) is 10. The Morgan fingerprint density at radius 2 is 0.333 bits per heavy atom. The SMILES string of the molecule is C.O.O.[Cl-].[Os].[Os].c1ccc(-c2cccc(-c3ccccn3)n2)nc1.c1ccc(-c2cccc(-c3ccccn3)n2)nc1.c1ccc(-c2ccccn2)nc1.c1ccc(-c2ccccn2)nc1. The third-order valence-electron chi connectivity index (χ3n) is 8.39. The predicted octanol–water partition coefficient (Wildman–Crippen LogP) is 6.68. The van der Waals surface area contributed by atoms with Crippen LogP contribution in [0.2, 0.25) is 0 Å². The third-order valence-corrected chi connectivity index (χ3v) is 8.39. The summed E-state index contributed by atoms with van der Waals surface area (Å²) in [6.45, 7) is 0. The number of rotatable bonds is 6. The second-order valence-electron chi connectivity index (χ2n) is 12.5. The predicted molar refractivity (Wildman–Crippen MR) is 250 cm³/mol. The number of pyridine rings is 10. The smallest absolute Gasteiger partial charge is 0.0894 e. The fourth-order valence-corrected chi connectivity index (χ4v) is 5.55. The maximum atomic E-state index is 4.59. The molecule has 0 spiro atoms. The quantitative estimate of drug-likeness (QED) is 0.174. The Hall–Kier alpha value is -7.02. The largest absolute Gasteiger partial charge is 1.00 e. The van der Waals surface area contributed by atoms with Crippen molar-refractivity contribution >= 4 is 0 Å². The van der Waals surface area contributed by atoms with E-state index in [9.17, 15) is 0 Å². The van der Waals surface area contributed by atoms with E-state index in [4.69, 9.17) is 0 Å². The van der Waals surface area contributed by atoms with Gasteiger partial charge in [-0.15, -0.1) is 0 Å². The Morgan fingerprint density at radius 3 is 0.470 bits per heavy atom. The average Bonchev–Trinajstić information content (AvgIpc) is 3.37. The van der Waals surface area contributed by atoms with Gasteiger partial charge in [0.15, 0.2) is 0 Å². The van der Waals surface area contributed by atoms with Crippen LogP contribution >= 0.6 is 0 Å². The zero-order valence-corrected chi connectivity index (χ0v) is 40.3. The summed E-state index contributed by atoms with van der Waals surface area (Å²) in [5.41, 5.74) is 10.6. The van der Waals surface area contributed by atoms with Crippen molar-refractivity contribution in [2.75, 3.05) is 0 Å². The fourth-order valence-electron chi connectivity index (χ4n) is 5.55. The molecule has 0 saturated heterocycles. The summed E-state index contributed by atoms with van der Waals surface area (Å²) in [5.74, 6) is 0. The van der Waals surface area contributed by atoms with Gasteiger partial charge >= 0.3 is 0 Å². The van der Waals surface area contributed by atoms with E-state index in [0.717, 1.165) is 68.3 Å². The minimum atomic E-state index is 0. The molecule has 0 bridgehead atoms. The Bertz CT molecular complexity index is 2370. The second kappa shape index (κ2) is 31.8. The van der Waals surface area contributed by atoms with E-state index in [0.29, 0.717) is 0 Å². The van der Waals surface area contributed by atoms with Gasteiger partial charge in [0.2, 0.25) is 0 Å². The van der Waals surface area contributed by atoms with E-state index in [2.05, 4.69) is 49.8 Å². The van der Waals surface area contributed by atoms with Gasteiger partial charge in [0.1, 0.15) is 0 Å². The van der Waals surface area contributed by atoms with Crippen LogP contribution in [-0.2, 0) is 39.6 Å². The Balaban J connectivity index is 0.000000434. The minimum absolute atomic E-state index is 0. The van der Waals surface area contributed by atoms with Crippen LogP contribution in [0.15, 0.2) is 232 Å². The van der Waals surface area contributed by atoms with Crippen molar-refractivity contribution in [1.29, 1.82) is 0 Å². The maximum Gasteiger partial charge on any atom is 0.0894 e. The van der Waals surface area contributed by atoms with Gasteiger partial charge in [-0.3, -0.25) is 39.9 Å². The Labute approximate surface area is 417 Å². The van der Waals surface area contributed by atoms with Crippen LogP contribution in [0.5, 0.6) is 0 Å². The van der Waals surface area contributed by atoms with Crippen molar-refractivity contribution in [3.05, 3.63) is 232 Å². The monoisotopic (exact) mass is 1250 g/mol. The summed E-state index contributed by atoms with van der Waals surface area (Å²) < 4.78 is 0. The van der Waals surface area contributed by atoms with Gasteiger partial charge in [-0.1, -0.05) is 68.1 Å². The van der Waals surface area contributed by atoms with Crippen LogP contribution in [0.25, 0.3) is 68.3 Å². The molecule has 10 heterocycles. The van der Waals surface area contributed by atoms with E-state index >= 15 is 0 Å². The van der Waals surface area contributed by atoms with Crippen molar-refractivity contribution in [3.8, 4) is 68.3 Å². The van der Waals surface area contributed by atoms with E-state index in [-0.39, 0.29) is 70.4 Å². The first kappa shape index (κ1) is 57.0. The molecule has 10 rings (SSSR count). The molecular formula is C51H46ClN10O2Os2-. The van der Waals surface area contributed by atoms with E-state index < -0.39 is 0 Å². The molecule has 12 nitrogen and oxygen atoms in total. The Morgan fingerprint density at radius 1 is 0.197 bits per heavy atom. The number of hydrogen-bond acceptors (Lipinski definition) is 10. The third kappa shape index (κ3) is 17.5. The zero-order chi connectivity index (χ0) is 40.9. The average molecular weight is 1250 g/mol. The molecular weight excluding hydrogens is 1200 g/mol. The van der Waals surface area contributed by atoms with Crippen molar-refractivity contribution in [2.24, 2.45) is 0 Å². The van der Waals surface area contributed by atoms with Gasteiger partial charge in [0.05, 0.1) is 68.3 Å². The molecule has 10 aromatic heterocycles. The van der Waals surface area contributed by atoms with Crippen LogP contribution in [-0.4, -0.2) is 60.8 Å². The molecule has 0 saturated carbocycles. The molecule has 0 aliphatic carbocycles. The van der Waals surface area contributed by atoms with E-state index in [1.165, 1.54) is 0 Å². The van der Waals surface area contributed by atoms with Gasteiger partial charge in [-0.2, -0.15) is 0 Å².